The second kappa shape index (κ2) is 3.19. The summed E-state index contributed by atoms with van der Waals surface area (Å²) in [6.45, 7) is 4.19. The molecule has 2 nitrogen and oxygen atoms in total. The molecule has 19 heavy (non-hydrogen) atoms. The Hall–Kier alpha value is -1.83. The summed E-state index contributed by atoms with van der Waals surface area (Å²) >= 11 is 0. The number of carboxylic acids is 1. The Bertz CT molecular complexity index is 667. The molecule has 0 heterocycles. The van der Waals surface area contributed by atoms with Crippen LogP contribution in [0.25, 0.3) is 0 Å². The van der Waals surface area contributed by atoms with Crippen molar-refractivity contribution >= 4 is 5.97 Å². The molecule has 1 N–H and O–H groups in total. The van der Waals surface area contributed by atoms with Crippen molar-refractivity contribution in [1.29, 1.82) is 0 Å². The SMILES string of the molecule is CC(C)C1=CC2CC3=C4C=CC=C4C=C2C13C(=O)O. The third-order valence-electron chi connectivity index (χ3n) is 4.95. The summed E-state index contributed by atoms with van der Waals surface area (Å²) in [4.78, 5) is 12.1. The quantitative estimate of drug-likeness (QED) is 0.765. The molecule has 4 rings (SSSR count). The fourth-order valence-corrected chi connectivity index (χ4v) is 4.30. The zero-order chi connectivity index (χ0) is 13.4. The lowest BCUT2D eigenvalue weighted by molar-refractivity contribution is -0.142. The Kier molecular flexibility index (Phi) is 1.85. The topological polar surface area (TPSA) is 37.3 Å². The molecule has 0 aliphatic heterocycles. The zero-order valence-corrected chi connectivity index (χ0v) is 11.1. The molecule has 0 radical (unpaired) electrons. The fourth-order valence-electron chi connectivity index (χ4n) is 4.30. The first-order valence-corrected chi connectivity index (χ1v) is 6.86. The summed E-state index contributed by atoms with van der Waals surface area (Å²) in [5, 5.41) is 9.98. The van der Waals surface area contributed by atoms with Gasteiger partial charge < -0.3 is 5.11 Å². The van der Waals surface area contributed by atoms with E-state index in [2.05, 4.69) is 38.2 Å². The van der Waals surface area contributed by atoms with Crippen molar-refractivity contribution in [2.45, 2.75) is 20.3 Å². The van der Waals surface area contributed by atoms with Gasteiger partial charge >= 0.3 is 5.97 Å². The van der Waals surface area contributed by atoms with Crippen LogP contribution in [-0.4, -0.2) is 11.1 Å². The Labute approximate surface area is 112 Å². The third kappa shape index (κ3) is 1.03. The molecule has 4 aliphatic carbocycles. The molecule has 0 amide bonds. The van der Waals surface area contributed by atoms with Crippen LogP contribution in [0.3, 0.4) is 0 Å². The van der Waals surface area contributed by atoms with E-state index in [1.807, 2.05) is 6.08 Å². The van der Waals surface area contributed by atoms with E-state index in [9.17, 15) is 9.90 Å². The molecule has 2 unspecified atom stereocenters. The van der Waals surface area contributed by atoms with E-state index in [-0.39, 0.29) is 5.92 Å². The zero-order valence-electron chi connectivity index (χ0n) is 11.1. The van der Waals surface area contributed by atoms with Gasteiger partial charge in [-0.05, 0) is 40.2 Å². The van der Waals surface area contributed by atoms with Gasteiger partial charge in [-0.2, -0.15) is 0 Å². The maximum absolute atomic E-state index is 12.1. The van der Waals surface area contributed by atoms with Crippen molar-refractivity contribution in [1.82, 2.24) is 0 Å². The summed E-state index contributed by atoms with van der Waals surface area (Å²) in [5.74, 6) is -0.118. The van der Waals surface area contributed by atoms with Gasteiger partial charge in [-0.3, -0.25) is 4.79 Å². The first kappa shape index (κ1) is 11.0. The highest BCUT2D eigenvalue weighted by atomic mass is 16.4. The number of aliphatic carboxylic acids is 1. The van der Waals surface area contributed by atoms with Gasteiger partial charge in [-0.15, -0.1) is 0 Å². The minimum Gasteiger partial charge on any atom is -0.480 e. The normalized spacial score (nSPS) is 33.6. The summed E-state index contributed by atoms with van der Waals surface area (Å²) in [6.07, 6.45) is 11.4. The number of hydrogen-bond acceptors (Lipinski definition) is 1. The van der Waals surface area contributed by atoms with Crippen LogP contribution >= 0.6 is 0 Å². The standard InChI is InChI=1S/C17H16O2/c1-9(2)13-7-11-8-15-12-5-3-4-10(12)6-14(11)17(13,15)16(18)19/h3-7,9,11H,8H2,1-2H3,(H,18,19). The van der Waals surface area contributed by atoms with Gasteiger partial charge in [0, 0.05) is 5.92 Å². The average Bonchev–Trinajstić information content (AvgIpc) is 3.00. The minimum atomic E-state index is -0.819. The summed E-state index contributed by atoms with van der Waals surface area (Å²) in [6, 6.07) is 0. The second-order valence-corrected chi connectivity index (χ2v) is 6.12. The summed E-state index contributed by atoms with van der Waals surface area (Å²) in [5.41, 5.74) is 4.83. The smallest absolute Gasteiger partial charge is 0.322 e. The lowest BCUT2D eigenvalue weighted by Crippen LogP contribution is -2.36. The highest BCUT2D eigenvalue weighted by Crippen LogP contribution is 2.66. The van der Waals surface area contributed by atoms with Crippen LogP contribution in [0.15, 0.2) is 58.2 Å². The van der Waals surface area contributed by atoms with E-state index in [0.717, 1.165) is 28.7 Å². The van der Waals surface area contributed by atoms with Gasteiger partial charge in [-0.25, -0.2) is 0 Å². The predicted molar refractivity (Wildman–Crippen MR) is 73.4 cm³/mol. The predicted octanol–water partition coefficient (Wildman–Crippen LogP) is 3.41. The van der Waals surface area contributed by atoms with Crippen LogP contribution in [0.1, 0.15) is 20.3 Å². The van der Waals surface area contributed by atoms with Crippen LogP contribution in [0.5, 0.6) is 0 Å². The number of hydrogen-bond donors (Lipinski definition) is 1. The van der Waals surface area contributed by atoms with Crippen molar-refractivity contribution in [3.8, 4) is 0 Å². The van der Waals surface area contributed by atoms with Gasteiger partial charge in [0.25, 0.3) is 0 Å². The molecule has 4 bridgehead atoms. The van der Waals surface area contributed by atoms with Crippen LogP contribution < -0.4 is 0 Å². The molecular formula is C17H16O2. The van der Waals surface area contributed by atoms with E-state index in [0.29, 0.717) is 5.92 Å². The average molecular weight is 252 g/mol. The summed E-state index contributed by atoms with van der Waals surface area (Å²) < 4.78 is 0. The van der Waals surface area contributed by atoms with E-state index in [4.69, 9.17) is 0 Å². The van der Waals surface area contributed by atoms with E-state index in [1.54, 1.807) is 0 Å². The molecular weight excluding hydrogens is 236 g/mol. The maximum Gasteiger partial charge on any atom is 0.322 e. The minimum absolute atomic E-state index is 0.274. The third-order valence-corrected chi connectivity index (χ3v) is 4.95. The summed E-state index contributed by atoms with van der Waals surface area (Å²) in [7, 11) is 0. The molecule has 4 aliphatic rings. The fraction of sp³-hybridized carbons (Fsp3) is 0.353. The van der Waals surface area contributed by atoms with Gasteiger partial charge in [0.1, 0.15) is 5.41 Å². The van der Waals surface area contributed by atoms with Gasteiger partial charge in [0.05, 0.1) is 0 Å². The molecule has 0 aromatic carbocycles. The number of carbonyl (C=O) groups is 1. The lowest BCUT2D eigenvalue weighted by Gasteiger charge is -2.35. The van der Waals surface area contributed by atoms with Crippen LogP contribution in [0.4, 0.5) is 0 Å². The number of fused-ring (bicyclic) bond motifs is 1. The first-order chi connectivity index (χ1) is 9.06. The first-order valence-electron chi connectivity index (χ1n) is 6.86. The van der Waals surface area contributed by atoms with E-state index in [1.165, 1.54) is 5.57 Å². The molecule has 0 aromatic heterocycles. The van der Waals surface area contributed by atoms with Crippen LogP contribution in [-0.2, 0) is 4.79 Å². The van der Waals surface area contributed by atoms with Gasteiger partial charge in [0.2, 0.25) is 0 Å². The maximum atomic E-state index is 12.1. The van der Waals surface area contributed by atoms with Crippen molar-refractivity contribution in [3.05, 3.63) is 58.2 Å². The van der Waals surface area contributed by atoms with Crippen molar-refractivity contribution in [2.24, 2.45) is 17.3 Å². The Balaban J connectivity index is 2.06. The second-order valence-electron chi connectivity index (χ2n) is 6.12. The van der Waals surface area contributed by atoms with E-state index >= 15 is 0 Å². The highest BCUT2D eigenvalue weighted by molar-refractivity contribution is 5.94. The Morgan fingerprint density at radius 3 is 2.95 bits per heavy atom. The molecule has 0 spiro atoms. The largest absolute Gasteiger partial charge is 0.480 e. The molecule has 0 aromatic rings. The van der Waals surface area contributed by atoms with E-state index < -0.39 is 11.4 Å². The van der Waals surface area contributed by atoms with Crippen LogP contribution in [0.2, 0.25) is 0 Å². The number of carboxylic acid groups (broad SMARTS) is 1. The molecule has 1 fully saturated rings. The van der Waals surface area contributed by atoms with Crippen molar-refractivity contribution < 1.29 is 9.90 Å². The van der Waals surface area contributed by atoms with Crippen molar-refractivity contribution in [2.75, 3.05) is 0 Å². The monoisotopic (exact) mass is 252 g/mol. The van der Waals surface area contributed by atoms with Gasteiger partial charge in [-0.1, -0.05) is 44.2 Å². The molecule has 1 saturated carbocycles. The number of rotatable bonds is 2. The molecule has 0 saturated heterocycles. The van der Waals surface area contributed by atoms with Gasteiger partial charge in [0.15, 0.2) is 0 Å². The van der Waals surface area contributed by atoms with Crippen molar-refractivity contribution in [3.63, 3.8) is 0 Å². The molecule has 2 heteroatoms. The number of allylic oxidation sites excluding steroid dienone is 7. The highest BCUT2D eigenvalue weighted by Gasteiger charge is 2.61. The molecule has 96 valence electrons. The molecule has 2 atom stereocenters. The Morgan fingerprint density at radius 1 is 1.47 bits per heavy atom. The van der Waals surface area contributed by atoms with Crippen LogP contribution in [0, 0.1) is 17.3 Å². The Morgan fingerprint density at radius 2 is 2.26 bits per heavy atom. The lowest BCUT2D eigenvalue weighted by atomic mass is 9.66.